The molecule has 0 N–H and O–H groups in total. The number of rotatable bonds is 7. The van der Waals surface area contributed by atoms with Crippen LogP contribution >= 0.6 is 22.6 Å². The molecule has 0 aromatic heterocycles. The van der Waals surface area contributed by atoms with Gasteiger partial charge in [-0.1, -0.05) is 40.8 Å². The predicted molar refractivity (Wildman–Crippen MR) is 84.3 cm³/mol. The van der Waals surface area contributed by atoms with Gasteiger partial charge in [-0.3, -0.25) is 0 Å². The minimum Gasteiger partial charge on any atom is -0.379 e. The van der Waals surface area contributed by atoms with Gasteiger partial charge >= 0.3 is 0 Å². The van der Waals surface area contributed by atoms with Crippen molar-refractivity contribution >= 4 is 22.6 Å². The zero-order valence-corrected chi connectivity index (χ0v) is 14.2. The fraction of sp³-hybridized carbons (Fsp3) is 0.600. The standard InChI is InChI=1S/C15H22FIO2/c1-14(2,18-4)9-10-19-15(3,11-17)12-7-5-6-8-13(12)16/h5-8H,9-11H2,1-4H3. The summed E-state index contributed by atoms with van der Waals surface area (Å²) in [5.41, 5.74) is -0.212. The maximum absolute atomic E-state index is 13.9. The average molecular weight is 380 g/mol. The van der Waals surface area contributed by atoms with E-state index < -0.39 is 5.60 Å². The number of benzene rings is 1. The topological polar surface area (TPSA) is 18.5 Å². The third-order valence-electron chi connectivity index (χ3n) is 3.38. The molecule has 0 saturated heterocycles. The second-order valence-electron chi connectivity index (χ2n) is 5.41. The van der Waals surface area contributed by atoms with Crippen molar-refractivity contribution in [3.8, 4) is 0 Å². The lowest BCUT2D eigenvalue weighted by Crippen LogP contribution is -2.32. The van der Waals surface area contributed by atoms with Gasteiger partial charge in [0, 0.05) is 17.1 Å². The number of methoxy groups -OCH3 is 1. The fourth-order valence-corrected chi connectivity index (χ4v) is 2.33. The molecule has 1 rings (SSSR count). The lowest BCUT2D eigenvalue weighted by Gasteiger charge is -2.31. The molecule has 0 bridgehead atoms. The van der Waals surface area contributed by atoms with E-state index in [0.29, 0.717) is 16.6 Å². The highest BCUT2D eigenvalue weighted by atomic mass is 127. The van der Waals surface area contributed by atoms with Gasteiger partial charge in [0.2, 0.25) is 0 Å². The van der Waals surface area contributed by atoms with Crippen LogP contribution in [0.4, 0.5) is 4.39 Å². The summed E-state index contributed by atoms with van der Waals surface area (Å²) in [6, 6.07) is 6.80. The van der Waals surface area contributed by atoms with Crippen molar-refractivity contribution in [3.63, 3.8) is 0 Å². The van der Waals surface area contributed by atoms with Gasteiger partial charge < -0.3 is 9.47 Å². The van der Waals surface area contributed by atoms with E-state index in [4.69, 9.17) is 9.47 Å². The first-order chi connectivity index (χ1) is 8.84. The SMILES string of the molecule is COC(C)(C)CCOC(C)(CI)c1ccccc1F. The summed E-state index contributed by atoms with van der Waals surface area (Å²) in [5, 5.41) is 0. The van der Waals surface area contributed by atoms with Crippen molar-refractivity contribution in [1.82, 2.24) is 0 Å². The minimum atomic E-state index is -0.601. The molecule has 0 aliphatic rings. The third kappa shape index (κ3) is 4.68. The maximum atomic E-state index is 13.9. The molecule has 1 aromatic rings. The second kappa shape index (κ2) is 6.99. The average Bonchev–Trinajstić information content (AvgIpc) is 2.39. The molecule has 1 aromatic carbocycles. The number of hydrogen-bond acceptors (Lipinski definition) is 2. The Balaban J connectivity index is 2.74. The molecule has 108 valence electrons. The molecule has 0 amide bonds. The summed E-state index contributed by atoms with van der Waals surface area (Å²) in [7, 11) is 1.69. The zero-order chi connectivity index (χ0) is 14.5. The van der Waals surface area contributed by atoms with E-state index in [1.807, 2.05) is 26.8 Å². The van der Waals surface area contributed by atoms with Crippen LogP contribution in [0.3, 0.4) is 0 Å². The van der Waals surface area contributed by atoms with Crippen molar-refractivity contribution in [1.29, 1.82) is 0 Å². The third-order valence-corrected chi connectivity index (χ3v) is 4.83. The van der Waals surface area contributed by atoms with Crippen LogP contribution < -0.4 is 0 Å². The second-order valence-corrected chi connectivity index (χ2v) is 6.17. The van der Waals surface area contributed by atoms with Crippen LogP contribution in [0.1, 0.15) is 32.8 Å². The number of hydrogen-bond donors (Lipinski definition) is 0. The Hall–Kier alpha value is -0.200. The van der Waals surface area contributed by atoms with Gasteiger partial charge in [0.1, 0.15) is 11.4 Å². The molecular formula is C15H22FIO2. The molecule has 0 spiro atoms. The molecule has 1 atom stereocenters. The van der Waals surface area contributed by atoms with E-state index >= 15 is 0 Å². The summed E-state index contributed by atoms with van der Waals surface area (Å²) < 4.78 is 25.9. The monoisotopic (exact) mass is 380 g/mol. The first kappa shape index (κ1) is 16.9. The van der Waals surface area contributed by atoms with Crippen molar-refractivity contribution in [2.24, 2.45) is 0 Å². The molecule has 0 saturated carbocycles. The highest BCUT2D eigenvalue weighted by Gasteiger charge is 2.30. The number of ether oxygens (including phenoxy) is 2. The molecule has 1 unspecified atom stereocenters. The van der Waals surface area contributed by atoms with E-state index in [1.165, 1.54) is 6.07 Å². The largest absolute Gasteiger partial charge is 0.379 e. The Morgan fingerprint density at radius 3 is 2.37 bits per heavy atom. The first-order valence-electron chi connectivity index (χ1n) is 6.35. The maximum Gasteiger partial charge on any atom is 0.129 e. The molecule has 19 heavy (non-hydrogen) atoms. The van der Waals surface area contributed by atoms with Gasteiger partial charge in [-0.25, -0.2) is 4.39 Å². The number of halogens is 2. The normalized spacial score (nSPS) is 15.3. The summed E-state index contributed by atoms with van der Waals surface area (Å²) in [4.78, 5) is 0. The highest BCUT2D eigenvalue weighted by molar-refractivity contribution is 14.1. The molecule has 0 heterocycles. The van der Waals surface area contributed by atoms with Gasteiger partial charge in [-0.05, 0) is 33.3 Å². The van der Waals surface area contributed by atoms with Gasteiger partial charge in [-0.2, -0.15) is 0 Å². The van der Waals surface area contributed by atoms with E-state index in [0.717, 1.165) is 6.42 Å². The number of alkyl halides is 1. The van der Waals surface area contributed by atoms with Gasteiger partial charge in [0.25, 0.3) is 0 Å². The fourth-order valence-electron chi connectivity index (χ4n) is 1.70. The van der Waals surface area contributed by atoms with Gasteiger partial charge in [-0.15, -0.1) is 0 Å². The van der Waals surface area contributed by atoms with Crippen LogP contribution in [-0.2, 0) is 15.1 Å². The molecular weight excluding hydrogens is 358 g/mol. The quantitative estimate of drug-likeness (QED) is 0.519. The van der Waals surface area contributed by atoms with Gasteiger partial charge in [0.15, 0.2) is 0 Å². The minimum absolute atomic E-state index is 0.215. The molecule has 4 heteroatoms. The van der Waals surface area contributed by atoms with Crippen molar-refractivity contribution in [2.45, 2.75) is 38.4 Å². The van der Waals surface area contributed by atoms with E-state index in [1.54, 1.807) is 19.2 Å². The molecule has 0 radical (unpaired) electrons. The van der Waals surface area contributed by atoms with E-state index in [-0.39, 0.29) is 11.4 Å². The predicted octanol–water partition coefficient (Wildman–Crippen LogP) is 4.31. The zero-order valence-electron chi connectivity index (χ0n) is 12.0. The lowest BCUT2D eigenvalue weighted by molar-refractivity contribution is -0.0586. The summed E-state index contributed by atoms with van der Waals surface area (Å²) in [6.45, 7) is 6.49. The summed E-state index contributed by atoms with van der Waals surface area (Å²) >= 11 is 2.23. The van der Waals surface area contributed by atoms with E-state index in [9.17, 15) is 4.39 Å². The Kier molecular flexibility index (Phi) is 6.20. The smallest absolute Gasteiger partial charge is 0.129 e. The Bertz CT molecular complexity index is 409. The molecule has 0 aliphatic carbocycles. The van der Waals surface area contributed by atoms with Crippen molar-refractivity contribution in [2.75, 3.05) is 18.1 Å². The molecule has 2 nitrogen and oxygen atoms in total. The van der Waals surface area contributed by atoms with E-state index in [2.05, 4.69) is 22.6 Å². The van der Waals surface area contributed by atoms with Gasteiger partial charge in [0.05, 0.1) is 12.2 Å². The van der Waals surface area contributed by atoms with Crippen LogP contribution in [0.25, 0.3) is 0 Å². The van der Waals surface area contributed by atoms with Crippen LogP contribution in [0.15, 0.2) is 24.3 Å². The Morgan fingerprint density at radius 1 is 1.21 bits per heavy atom. The van der Waals surface area contributed by atoms with Crippen molar-refractivity contribution < 1.29 is 13.9 Å². The first-order valence-corrected chi connectivity index (χ1v) is 7.87. The molecule has 0 fully saturated rings. The lowest BCUT2D eigenvalue weighted by atomic mass is 9.97. The van der Waals surface area contributed by atoms with Crippen LogP contribution in [0, 0.1) is 5.82 Å². The Labute approximate surface area is 128 Å². The van der Waals surface area contributed by atoms with Crippen molar-refractivity contribution in [3.05, 3.63) is 35.6 Å². The van der Waals surface area contributed by atoms with Crippen LogP contribution in [0.5, 0.6) is 0 Å². The van der Waals surface area contributed by atoms with Crippen LogP contribution in [0.2, 0.25) is 0 Å². The Morgan fingerprint density at radius 2 is 1.84 bits per heavy atom. The molecule has 0 aliphatic heterocycles. The summed E-state index contributed by atoms with van der Waals surface area (Å²) in [6.07, 6.45) is 0.768. The van der Waals surface area contributed by atoms with Crippen LogP contribution in [-0.4, -0.2) is 23.7 Å². The summed E-state index contributed by atoms with van der Waals surface area (Å²) in [5.74, 6) is -0.215. The highest BCUT2D eigenvalue weighted by Crippen LogP contribution is 2.30.